The maximum absolute atomic E-state index is 12.6. The van der Waals surface area contributed by atoms with Crippen LogP contribution in [0, 0.1) is 0 Å². The van der Waals surface area contributed by atoms with Gasteiger partial charge in [-0.2, -0.15) is 0 Å². The Morgan fingerprint density at radius 2 is 2.36 bits per heavy atom. The molecule has 0 aromatic carbocycles. The fourth-order valence-electron chi connectivity index (χ4n) is 0.548. The Hall–Kier alpha value is -1.29. The largest absolute Gasteiger partial charge is 0.484 e. The second-order valence-corrected chi connectivity index (χ2v) is 2.42. The van der Waals surface area contributed by atoms with Crippen molar-refractivity contribution >= 4 is 17.5 Å². The van der Waals surface area contributed by atoms with Gasteiger partial charge in [0.1, 0.15) is 11.6 Å². The molecular formula is C9H11ClFNO2. The predicted molar refractivity (Wildman–Crippen MR) is 53.3 cm³/mol. The van der Waals surface area contributed by atoms with Crippen molar-refractivity contribution in [3.63, 3.8) is 0 Å². The van der Waals surface area contributed by atoms with Crippen molar-refractivity contribution < 1.29 is 13.9 Å². The molecule has 0 fully saturated rings. The van der Waals surface area contributed by atoms with Crippen molar-refractivity contribution in [1.82, 2.24) is 5.32 Å². The van der Waals surface area contributed by atoms with Gasteiger partial charge in [0.25, 0.3) is 5.91 Å². The topological polar surface area (TPSA) is 38.3 Å². The van der Waals surface area contributed by atoms with E-state index in [4.69, 9.17) is 16.3 Å². The number of carbonyl (C=O) groups is 1. The molecule has 0 bridgehead atoms. The zero-order valence-electron chi connectivity index (χ0n) is 7.72. The Balaban J connectivity index is 4.23. The molecule has 0 aliphatic carbocycles. The van der Waals surface area contributed by atoms with Crippen LogP contribution in [0.5, 0.6) is 0 Å². The molecule has 0 spiro atoms. The van der Waals surface area contributed by atoms with Crippen molar-refractivity contribution in [2.75, 3.05) is 13.7 Å². The highest BCUT2D eigenvalue weighted by Crippen LogP contribution is 2.07. The molecule has 0 aliphatic heterocycles. The molecule has 0 saturated carbocycles. The number of hydrogen-bond donors (Lipinski definition) is 1. The molecule has 3 nitrogen and oxygen atoms in total. The average molecular weight is 220 g/mol. The van der Waals surface area contributed by atoms with Gasteiger partial charge in [0.2, 0.25) is 0 Å². The first-order valence-electron chi connectivity index (χ1n) is 3.77. The third kappa shape index (κ3) is 5.37. The quantitative estimate of drug-likeness (QED) is 0.566. The van der Waals surface area contributed by atoms with E-state index in [1.54, 1.807) is 0 Å². The maximum Gasteiger partial charge on any atom is 0.257 e. The fourth-order valence-corrected chi connectivity index (χ4v) is 0.611. The van der Waals surface area contributed by atoms with Crippen LogP contribution in [0.4, 0.5) is 4.39 Å². The summed E-state index contributed by atoms with van der Waals surface area (Å²) in [5.41, 5.74) is 0.757. The van der Waals surface area contributed by atoms with Crippen LogP contribution in [-0.2, 0) is 9.53 Å². The minimum atomic E-state index is -0.668. The molecule has 5 heteroatoms. The second kappa shape index (κ2) is 7.15. The van der Waals surface area contributed by atoms with E-state index in [1.165, 1.54) is 13.1 Å². The minimum absolute atomic E-state index is 0.142. The molecule has 1 N–H and O–H groups in total. The number of hydrogen-bond acceptors (Lipinski definition) is 2. The lowest BCUT2D eigenvalue weighted by Crippen LogP contribution is -2.22. The van der Waals surface area contributed by atoms with Crippen LogP contribution in [0.25, 0.3) is 0 Å². The molecule has 0 aliphatic rings. The van der Waals surface area contributed by atoms with Crippen LogP contribution in [0.15, 0.2) is 35.9 Å². The van der Waals surface area contributed by atoms with E-state index < -0.39 is 5.83 Å². The molecule has 1 amide bonds. The Morgan fingerprint density at radius 3 is 2.79 bits per heavy atom. The van der Waals surface area contributed by atoms with Crippen LogP contribution < -0.4 is 5.32 Å². The zero-order chi connectivity index (χ0) is 11.0. The molecule has 0 radical (unpaired) electrons. The monoisotopic (exact) mass is 219 g/mol. The van der Waals surface area contributed by atoms with Crippen molar-refractivity contribution in [3.8, 4) is 0 Å². The summed E-state index contributed by atoms with van der Waals surface area (Å²) in [6.07, 6.45) is 2.31. The summed E-state index contributed by atoms with van der Waals surface area (Å²) >= 11 is 5.09. The van der Waals surface area contributed by atoms with Gasteiger partial charge in [-0.1, -0.05) is 18.2 Å². The number of halogens is 2. The van der Waals surface area contributed by atoms with E-state index in [-0.39, 0.29) is 18.3 Å². The maximum atomic E-state index is 12.6. The van der Waals surface area contributed by atoms with Crippen LogP contribution in [-0.4, -0.2) is 19.6 Å². The molecule has 0 aromatic rings. The van der Waals surface area contributed by atoms with Gasteiger partial charge in [0.15, 0.2) is 6.61 Å². The van der Waals surface area contributed by atoms with Crippen molar-refractivity contribution in [3.05, 3.63) is 35.9 Å². The normalized spacial score (nSPS) is 12.2. The standard InChI is InChI=1S/C9H11ClFNO2/c1-3-8(4-7(11)5-10)14-6-9(13)12-2/h3-5H,1,6H2,2H3,(H,12,13)/b7-5-,8-4+. The van der Waals surface area contributed by atoms with E-state index in [0.717, 1.165) is 11.6 Å². The fraction of sp³-hybridized carbons (Fsp3) is 0.222. The first-order chi connectivity index (χ1) is 6.63. The number of rotatable bonds is 5. The first-order valence-corrected chi connectivity index (χ1v) is 4.21. The highest BCUT2D eigenvalue weighted by molar-refractivity contribution is 6.25. The molecule has 0 atom stereocenters. The number of carbonyl (C=O) groups excluding carboxylic acids is 1. The van der Waals surface area contributed by atoms with Gasteiger partial charge >= 0.3 is 0 Å². The van der Waals surface area contributed by atoms with Gasteiger partial charge < -0.3 is 10.1 Å². The van der Waals surface area contributed by atoms with Gasteiger partial charge in [-0.05, 0) is 6.08 Å². The summed E-state index contributed by atoms with van der Waals surface area (Å²) in [4.78, 5) is 10.8. The lowest BCUT2D eigenvalue weighted by Gasteiger charge is -2.04. The van der Waals surface area contributed by atoms with E-state index in [2.05, 4.69) is 11.9 Å². The molecule has 0 aromatic heterocycles. The Kier molecular flexibility index (Phi) is 6.49. The molecule has 14 heavy (non-hydrogen) atoms. The number of allylic oxidation sites excluding steroid dienone is 3. The summed E-state index contributed by atoms with van der Waals surface area (Å²) < 4.78 is 17.5. The lowest BCUT2D eigenvalue weighted by atomic mass is 10.4. The number of likely N-dealkylation sites (N-methyl/N-ethyl adjacent to an activating group) is 1. The molecule has 78 valence electrons. The van der Waals surface area contributed by atoms with Crippen LogP contribution in [0.2, 0.25) is 0 Å². The van der Waals surface area contributed by atoms with Crippen molar-refractivity contribution in [2.24, 2.45) is 0 Å². The zero-order valence-corrected chi connectivity index (χ0v) is 8.47. The summed E-state index contributed by atoms with van der Waals surface area (Å²) in [5, 5.41) is 2.35. The third-order valence-electron chi connectivity index (χ3n) is 1.23. The van der Waals surface area contributed by atoms with Gasteiger partial charge in [-0.3, -0.25) is 4.79 Å². The lowest BCUT2D eigenvalue weighted by molar-refractivity contribution is -0.123. The summed E-state index contributed by atoms with van der Waals surface area (Å²) in [6, 6.07) is 0. The predicted octanol–water partition coefficient (Wildman–Crippen LogP) is 1.87. The average Bonchev–Trinajstić information content (AvgIpc) is 2.22. The highest BCUT2D eigenvalue weighted by atomic mass is 35.5. The van der Waals surface area contributed by atoms with Crippen molar-refractivity contribution in [2.45, 2.75) is 0 Å². The Labute approximate surface area is 86.9 Å². The van der Waals surface area contributed by atoms with Gasteiger partial charge in [-0.25, -0.2) is 4.39 Å². The molecule has 0 rings (SSSR count). The molecule has 0 heterocycles. The second-order valence-electron chi connectivity index (χ2n) is 2.21. The molecule has 0 saturated heterocycles. The van der Waals surface area contributed by atoms with E-state index in [1.807, 2.05) is 0 Å². The Bertz CT molecular complexity index is 274. The van der Waals surface area contributed by atoms with Crippen LogP contribution in [0.1, 0.15) is 0 Å². The Morgan fingerprint density at radius 1 is 1.71 bits per heavy atom. The van der Waals surface area contributed by atoms with Crippen molar-refractivity contribution in [1.29, 1.82) is 0 Å². The number of amides is 1. The van der Waals surface area contributed by atoms with Gasteiger partial charge in [0, 0.05) is 18.7 Å². The van der Waals surface area contributed by atoms with Crippen LogP contribution >= 0.6 is 11.6 Å². The third-order valence-corrected chi connectivity index (χ3v) is 1.44. The van der Waals surface area contributed by atoms with Gasteiger partial charge in [0.05, 0.1) is 0 Å². The molecular weight excluding hydrogens is 209 g/mol. The van der Waals surface area contributed by atoms with E-state index in [9.17, 15) is 9.18 Å². The van der Waals surface area contributed by atoms with Gasteiger partial charge in [-0.15, -0.1) is 0 Å². The van der Waals surface area contributed by atoms with E-state index >= 15 is 0 Å². The first kappa shape index (κ1) is 12.7. The minimum Gasteiger partial charge on any atom is -0.484 e. The number of ether oxygens (including phenoxy) is 1. The molecule has 0 unspecified atom stereocenters. The smallest absolute Gasteiger partial charge is 0.257 e. The van der Waals surface area contributed by atoms with Crippen LogP contribution in [0.3, 0.4) is 0 Å². The summed E-state index contributed by atoms with van der Waals surface area (Å²) in [5.74, 6) is -0.838. The highest BCUT2D eigenvalue weighted by Gasteiger charge is 2.00. The number of nitrogens with one attached hydrogen (secondary N) is 1. The summed E-state index contributed by atoms with van der Waals surface area (Å²) in [7, 11) is 1.47. The summed E-state index contributed by atoms with van der Waals surface area (Å²) in [6.45, 7) is 3.20. The SMILES string of the molecule is C=C/C(=C\C(F)=C\Cl)OCC(=O)NC. The van der Waals surface area contributed by atoms with E-state index in [0.29, 0.717) is 0 Å².